The van der Waals surface area contributed by atoms with E-state index in [1.807, 2.05) is 11.0 Å². The number of amides is 1. The highest BCUT2D eigenvalue weighted by atomic mass is 35.5. The average molecular weight is 428 g/mol. The number of benzene rings is 2. The van der Waals surface area contributed by atoms with Crippen molar-refractivity contribution in [2.75, 3.05) is 33.2 Å². The topological polar surface area (TPSA) is 35.6 Å². The lowest BCUT2D eigenvalue weighted by Crippen LogP contribution is -2.50. The molecule has 1 N–H and O–H groups in total. The second-order valence-corrected chi connectivity index (χ2v) is 7.10. The highest BCUT2D eigenvalue weighted by Crippen LogP contribution is 2.25. The van der Waals surface area contributed by atoms with Crippen LogP contribution in [0.5, 0.6) is 0 Å². The van der Waals surface area contributed by atoms with Crippen LogP contribution in [0.2, 0.25) is 0 Å². The van der Waals surface area contributed by atoms with Gasteiger partial charge in [-0.2, -0.15) is 0 Å². The van der Waals surface area contributed by atoms with Crippen molar-refractivity contribution < 1.29 is 18.0 Å². The summed E-state index contributed by atoms with van der Waals surface area (Å²) in [5.74, 6) is -2.29. The molecule has 2 aromatic rings. The smallest absolute Gasteiger partial charge is 0.237 e. The quantitative estimate of drug-likeness (QED) is 0.790. The summed E-state index contributed by atoms with van der Waals surface area (Å²) >= 11 is 0. The summed E-state index contributed by atoms with van der Waals surface area (Å²) in [6.45, 7) is 3.95. The molecule has 1 heterocycles. The second kappa shape index (κ2) is 10.1. The highest BCUT2D eigenvalue weighted by Gasteiger charge is 2.28. The zero-order valence-electron chi connectivity index (χ0n) is 16.4. The number of nitrogens with one attached hydrogen (secondary N) is 1. The molecule has 0 bridgehead atoms. The van der Waals surface area contributed by atoms with Crippen LogP contribution in [0.3, 0.4) is 0 Å². The van der Waals surface area contributed by atoms with Crippen molar-refractivity contribution in [3.8, 4) is 0 Å². The van der Waals surface area contributed by atoms with Crippen LogP contribution in [0.4, 0.5) is 13.2 Å². The predicted octanol–water partition coefficient (Wildman–Crippen LogP) is 3.69. The molecule has 3 rings (SSSR count). The number of carbonyl (C=O) groups is 1. The van der Waals surface area contributed by atoms with Crippen LogP contribution in [0.15, 0.2) is 42.5 Å². The molecule has 1 aliphatic rings. The molecule has 2 unspecified atom stereocenters. The van der Waals surface area contributed by atoms with Gasteiger partial charge in [-0.25, -0.2) is 13.2 Å². The van der Waals surface area contributed by atoms with Gasteiger partial charge in [-0.1, -0.05) is 18.2 Å². The van der Waals surface area contributed by atoms with Gasteiger partial charge in [-0.05, 0) is 42.3 Å². The van der Waals surface area contributed by atoms with Gasteiger partial charge in [0.25, 0.3) is 0 Å². The maximum absolute atomic E-state index is 13.6. The maximum atomic E-state index is 13.6. The van der Waals surface area contributed by atoms with Crippen molar-refractivity contribution in [1.29, 1.82) is 0 Å². The minimum absolute atomic E-state index is 0. The van der Waals surface area contributed by atoms with Crippen LogP contribution in [0, 0.1) is 17.5 Å². The van der Waals surface area contributed by atoms with Gasteiger partial charge in [0.1, 0.15) is 5.82 Å². The van der Waals surface area contributed by atoms with Crippen molar-refractivity contribution in [3.05, 3.63) is 71.0 Å². The molecule has 1 aliphatic heterocycles. The SMILES string of the molecule is CC(c1ccc(F)c(F)c1)N(C)C(=O)CN1CCNCC1c1cccc(F)c1.Cl. The molecule has 2 aromatic carbocycles. The Hall–Kier alpha value is -2.09. The number of carbonyl (C=O) groups excluding carboxylic acids is 1. The van der Waals surface area contributed by atoms with Gasteiger partial charge in [0.05, 0.1) is 12.6 Å². The lowest BCUT2D eigenvalue weighted by Gasteiger charge is -2.37. The Labute approximate surface area is 175 Å². The van der Waals surface area contributed by atoms with Crippen LogP contribution in [-0.2, 0) is 4.79 Å². The van der Waals surface area contributed by atoms with Crippen LogP contribution < -0.4 is 5.32 Å². The molecule has 1 amide bonds. The third kappa shape index (κ3) is 5.50. The largest absolute Gasteiger partial charge is 0.338 e. The molecule has 1 saturated heterocycles. The number of piperazine rings is 1. The summed E-state index contributed by atoms with van der Waals surface area (Å²) in [4.78, 5) is 16.4. The number of likely N-dealkylation sites (N-methyl/N-ethyl adjacent to an activating group) is 1. The summed E-state index contributed by atoms with van der Waals surface area (Å²) in [5.41, 5.74) is 1.34. The Kier molecular flexibility index (Phi) is 8.07. The summed E-state index contributed by atoms with van der Waals surface area (Å²) in [5, 5.41) is 3.28. The van der Waals surface area contributed by atoms with E-state index in [1.165, 1.54) is 23.1 Å². The van der Waals surface area contributed by atoms with Gasteiger partial charge < -0.3 is 10.2 Å². The van der Waals surface area contributed by atoms with Crippen LogP contribution >= 0.6 is 12.4 Å². The van der Waals surface area contributed by atoms with Gasteiger partial charge in [0.15, 0.2) is 11.6 Å². The van der Waals surface area contributed by atoms with E-state index < -0.39 is 17.7 Å². The van der Waals surface area contributed by atoms with E-state index in [0.717, 1.165) is 24.2 Å². The number of halogens is 4. The number of nitrogens with zero attached hydrogens (tertiary/aromatic N) is 2. The normalized spacial score (nSPS) is 18.0. The number of rotatable bonds is 5. The van der Waals surface area contributed by atoms with Crippen molar-refractivity contribution in [3.63, 3.8) is 0 Å². The zero-order chi connectivity index (χ0) is 20.3. The van der Waals surface area contributed by atoms with Gasteiger partial charge in [0.2, 0.25) is 5.91 Å². The molecule has 4 nitrogen and oxygen atoms in total. The third-order valence-electron chi connectivity index (χ3n) is 5.33. The molecule has 1 fully saturated rings. The molecular formula is C21H25ClF3N3O. The Morgan fingerprint density at radius 3 is 2.66 bits per heavy atom. The van der Waals surface area contributed by atoms with Crippen molar-refractivity contribution in [2.45, 2.75) is 19.0 Å². The monoisotopic (exact) mass is 427 g/mol. The zero-order valence-corrected chi connectivity index (χ0v) is 17.2. The van der Waals surface area contributed by atoms with E-state index in [4.69, 9.17) is 0 Å². The number of hydrogen-bond acceptors (Lipinski definition) is 3. The predicted molar refractivity (Wildman–Crippen MR) is 108 cm³/mol. The summed E-state index contributed by atoms with van der Waals surface area (Å²) in [6.07, 6.45) is 0. The first-order valence-corrected chi connectivity index (χ1v) is 9.27. The Bertz CT molecular complexity index is 852. The van der Waals surface area contributed by atoms with E-state index in [9.17, 15) is 18.0 Å². The van der Waals surface area contributed by atoms with Gasteiger partial charge >= 0.3 is 0 Å². The standard InChI is InChI=1S/C21H24F3N3O.ClH/c1-14(15-6-7-18(23)19(24)11-15)26(2)21(28)13-27-9-8-25-12-20(27)16-4-3-5-17(22)10-16;/h3-7,10-11,14,20,25H,8-9,12-13H2,1-2H3;1H. The minimum atomic E-state index is -0.932. The second-order valence-electron chi connectivity index (χ2n) is 7.10. The van der Waals surface area contributed by atoms with Gasteiger partial charge in [0, 0.05) is 32.7 Å². The molecule has 0 spiro atoms. The highest BCUT2D eigenvalue weighted by molar-refractivity contribution is 5.85. The Morgan fingerprint density at radius 2 is 1.97 bits per heavy atom. The first kappa shape index (κ1) is 23.2. The molecule has 0 radical (unpaired) electrons. The van der Waals surface area contributed by atoms with Crippen LogP contribution in [0.1, 0.15) is 30.1 Å². The fourth-order valence-corrected chi connectivity index (χ4v) is 3.48. The van der Waals surface area contributed by atoms with Crippen molar-refractivity contribution in [2.24, 2.45) is 0 Å². The molecule has 8 heteroatoms. The first-order chi connectivity index (χ1) is 13.4. The summed E-state index contributed by atoms with van der Waals surface area (Å²) in [6, 6.07) is 9.55. The molecule has 0 aliphatic carbocycles. The molecular weight excluding hydrogens is 403 g/mol. The van der Waals surface area contributed by atoms with Gasteiger partial charge in [-0.15, -0.1) is 12.4 Å². The van der Waals surface area contributed by atoms with E-state index in [1.54, 1.807) is 20.0 Å². The molecule has 158 valence electrons. The first-order valence-electron chi connectivity index (χ1n) is 9.27. The molecule has 0 aromatic heterocycles. The van der Waals surface area contributed by atoms with Crippen LogP contribution in [-0.4, -0.2) is 48.9 Å². The van der Waals surface area contributed by atoms with E-state index in [0.29, 0.717) is 18.7 Å². The van der Waals surface area contributed by atoms with Gasteiger partial charge in [-0.3, -0.25) is 9.69 Å². The summed E-state index contributed by atoms with van der Waals surface area (Å²) < 4.78 is 40.3. The van der Waals surface area contributed by atoms with E-state index in [2.05, 4.69) is 5.32 Å². The van der Waals surface area contributed by atoms with E-state index >= 15 is 0 Å². The molecule has 2 atom stereocenters. The fourth-order valence-electron chi connectivity index (χ4n) is 3.48. The third-order valence-corrected chi connectivity index (χ3v) is 5.33. The van der Waals surface area contributed by atoms with Crippen molar-refractivity contribution in [1.82, 2.24) is 15.1 Å². The fraction of sp³-hybridized carbons (Fsp3) is 0.381. The minimum Gasteiger partial charge on any atom is -0.338 e. The van der Waals surface area contributed by atoms with Crippen molar-refractivity contribution >= 4 is 18.3 Å². The van der Waals surface area contributed by atoms with E-state index in [-0.39, 0.29) is 36.7 Å². The Morgan fingerprint density at radius 1 is 1.21 bits per heavy atom. The molecule has 0 saturated carbocycles. The Balaban J connectivity index is 0.00000300. The lowest BCUT2D eigenvalue weighted by atomic mass is 10.0. The number of hydrogen-bond donors (Lipinski definition) is 1. The lowest BCUT2D eigenvalue weighted by molar-refractivity contribution is -0.133. The summed E-state index contributed by atoms with van der Waals surface area (Å²) in [7, 11) is 1.65. The molecule has 29 heavy (non-hydrogen) atoms. The average Bonchev–Trinajstić information content (AvgIpc) is 2.69. The maximum Gasteiger partial charge on any atom is 0.237 e. The van der Waals surface area contributed by atoms with Crippen LogP contribution in [0.25, 0.3) is 0 Å².